The lowest BCUT2D eigenvalue weighted by molar-refractivity contribution is -0.135. The summed E-state index contributed by atoms with van der Waals surface area (Å²) in [6.45, 7) is 0.0964. The van der Waals surface area contributed by atoms with Crippen molar-refractivity contribution in [3.63, 3.8) is 0 Å². The van der Waals surface area contributed by atoms with E-state index in [1.807, 2.05) is 0 Å². The van der Waals surface area contributed by atoms with Crippen LogP contribution < -0.4 is 9.54 Å². The van der Waals surface area contributed by atoms with Crippen molar-refractivity contribution in [3.05, 3.63) is 33.7 Å². The third-order valence-corrected chi connectivity index (χ3v) is 4.15. The Morgan fingerprint density at radius 3 is 3.05 bits per heavy atom. The van der Waals surface area contributed by atoms with Crippen LogP contribution in [0.25, 0.3) is 11.3 Å². The standard InChI is InChI=1S/C13H11FN2O3S.ClH/c1-16-12-8-4-7(14)2-3-9(8)19-6-10(12)20-13(16)15-5-11(17)18;/h2-4H,5-6H2,1H3,(H,17,18);1H. The quantitative estimate of drug-likeness (QED) is 0.918. The van der Waals surface area contributed by atoms with E-state index in [9.17, 15) is 9.18 Å². The second-order valence-corrected chi connectivity index (χ2v) is 5.42. The number of carbonyl (C=O) groups is 1. The SMILES string of the molecule is Cl.Cn1c2c(sc1=NCC(=O)O)COc1ccc(F)cc1-2. The second-order valence-electron chi connectivity index (χ2n) is 4.35. The van der Waals surface area contributed by atoms with Crippen molar-refractivity contribution in [2.45, 2.75) is 6.61 Å². The monoisotopic (exact) mass is 330 g/mol. The number of carboxylic acid groups (broad SMARTS) is 1. The molecule has 0 saturated carbocycles. The topological polar surface area (TPSA) is 63.8 Å². The van der Waals surface area contributed by atoms with Gasteiger partial charge < -0.3 is 14.4 Å². The molecule has 0 unspecified atom stereocenters. The summed E-state index contributed by atoms with van der Waals surface area (Å²) in [6.07, 6.45) is 0. The van der Waals surface area contributed by atoms with Gasteiger partial charge >= 0.3 is 5.97 Å². The van der Waals surface area contributed by atoms with Crippen molar-refractivity contribution in [2.24, 2.45) is 12.0 Å². The molecule has 0 amide bonds. The number of rotatable bonds is 2. The van der Waals surface area contributed by atoms with Crippen molar-refractivity contribution >= 4 is 29.7 Å². The molecular weight excluding hydrogens is 319 g/mol. The molecule has 1 aliphatic heterocycles. The molecule has 0 atom stereocenters. The maximum Gasteiger partial charge on any atom is 0.325 e. The Kier molecular flexibility index (Phi) is 4.34. The van der Waals surface area contributed by atoms with Gasteiger partial charge in [0.25, 0.3) is 0 Å². The molecule has 2 aromatic rings. The normalized spacial score (nSPS) is 13.0. The Bertz CT molecular complexity index is 769. The number of hydrogen-bond acceptors (Lipinski definition) is 4. The molecule has 8 heteroatoms. The number of carboxylic acids is 1. The highest BCUT2D eigenvalue weighted by Crippen LogP contribution is 2.38. The number of aliphatic carboxylic acids is 1. The highest BCUT2D eigenvalue weighted by molar-refractivity contribution is 7.09. The summed E-state index contributed by atoms with van der Waals surface area (Å²) in [5, 5.41) is 8.69. The maximum atomic E-state index is 13.4. The fourth-order valence-corrected chi connectivity index (χ4v) is 3.21. The summed E-state index contributed by atoms with van der Waals surface area (Å²) in [5.41, 5.74) is 1.50. The predicted molar refractivity (Wildman–Crippen MR) is 78.3 cm³/mol. The molecule has 1 N–H and O–H groups in total. The number of fused-ring (bicyclic) bond motifs is 3. The van der Waals surface area contributed by atoms with Gasteiger partial charge in [-0.05, 0) is 18.2 Å². The van der Waals surface area contributed by atoms with Gasteiger partial charge in [-0.15, -0.1) is 12.4 Å². The fraction of sp³-hybridized carbons (Fsp3) is 0.231. The van der Waals surface area contributed by atoms with E-state index >= 15 is 0 Å². The van der Waals surface area contributed by atoms with E-state index in [1.54, 1.807) is 17.7 Å². The average molecular weight is 331 g/mol. The van der Waals surface area contributed by atoms with Gasteiger partial charge in [0.15, 0.2) is 4.80 Å². The molecule has 0 fully saturated rings. The molecule has 0 saturated heterocycles. The first-order chi connectivity index (χ1) is 9.56. The number of aromatic nitrogens is 1. The lowest BCUT2D eigenvalue weighted by Crippen LogP contribution is -2.15. The third-order valence-electron chi connectivity index (χ3n) is 3.01. The minimum atomic E-state index is -0.987. The van der Waals surface area contributed by atoms with E-state index in [4.69, 9.17) is 9.84 Å². The zero-order valence-corrected chi connectivity index (χ0v) is 12.6. The summed E-state index contributed by atoms with van der Waals surface area (Å²) in [6, 6.07) is 4.37. The van der Waals surface area contributed by atoms with Crippen LogP contribution in [0.5, 0.6) is 5.75 Å². The number of ether oxygens (including phenoxy) is 1. The average Bonchev–Trinajstić information content (AvgIpc) is 2.73. The van der Waals surface area contributed by atoms with Crippen molar-refractivity contribution in [1.82, 2.24) is 4.57 Å². The van der Waals surface area contributed by atoms with Crippen molar-refractivity contribution in [1.29, 1.82) is 0 Å². The minimum absolute atomic E-state index is 0. The molecule has 5 nitrogen and oxygen atoms in total. The van der Waals surface area contributed by atoms with Crippen LogP contribution in [0.3, 0.4) is 0 Å². The van der Waals surface area contributed by atoms with Gasteiger partial charge in [-0.1, -0.05) is 11.3 Å². The summed E-state index contributed by atoms with van der Waals surface area (Å²) < 4.78 is 20.8. The molecule has 0 radical (unpaired) electrons. The number of benzene rings is 1. The molecule has 112 valence electrons. The van der Waals surface area contributed by atoms with Gasteiger partial charge in [0.2, 0.25) is 0 Å². The molecule has 0 spiro atoms. The molecule has 0 aliphatic carbocycles. The van der Waals surface area contributed by atoms with Crippen molar-refractivity contribution < 1.29 is 19.0 Å². The third kappa shape index (κ3) is 2.79. The lowest BCUT2D eigenvalue weighted by atomic mass is 10.1. The van der Waals surface area contributed by atoms with Crippen LogP contribution in [0.2, 0.25) is 0 Å². The number of nitrogens with zero attached hydrogens (tertiary/aromatic N) is 2. The zero-order chi connectivity index (χ0) is 14.3. The van der Waals surface area contributed by atoms with Crippen LogP contribution >= 0.6 is 23.7 Å². The highest BCUT2D eigenvalue weighted by Gasteiger charge is 2.22. The van der Waals surface area contributed by atoms with Crippen molar-refractivity contribution in [2.75, 3.05) is 6.54 Å². The summed E-state index contributed by atoms with van der Waals surface area (Å²) in [5.74, 6) is -0.702. The largest absolute Gasteiger partial charge is 0.487 e. The van der Waals surface area contributed by atoms with Gasteiger partial charge in [-0.3, -0.25) is 4.79 Å². The Labute approximate surface area is 129 Å². The van der Waals surface area contributed by atoms with Crippen LogP contribution in [0.4, 0.5) is 4.39 Å². The Morgan fingerprint density at radius 1 is 1.57 bits per heavy atom. The zero-order valence-electron chi connectivity index (χ0n) is 11.0. The van der Waals surface area contributed by atoms with Gasteiger partial charge in [-0.2, -0.15) is 0 Å². The molecule has 3 rings (SSSR count). The van der Waals surface area contributed by atoms with Gasteiger partial charge in [0.05, 0.1) is 10.6 Å². The van der Waals surface area contributed by atoms with Crippen LogP contribution in [0.15, 0.2) is 23.2 Å². The van der Waals surface area contributed by atoms with Crippen LogP contribution in [-0.4, -0.2) is 22.2 Å². The first kappa shape index (κ1) is 15.5. The van der Waals surface area contributed by atoms with Gasteiger partial charge in [0, 0.05) is 12.6 Å². The van der Waals surface area contributed by atoms with Crippen LogP contribution in [0, 0.1) is 5.82 Å². The van der Waals surface area contributed by atoms with E-state index in [0.29, 0.717) is 22.7 Å². The molecule has 21 heavy (non-hydrogen) atoms. The maximum absolute atomic E-state index is 13.4. The molecule has 0 bridgehead atoms. The first-order valence-electron chi connectivity index (χ1n) is 5.90. The molecule has 1 aliphatic rings. The molecular formula is C13H12ClFN2O3S. The summed E-state index contributed by atoms with van der Waals surface area (Å²) >= 11 is 1.36. The Hall–Kier alpha value is -1.86. The molecule has 1 aromatic heterocycles. The second kappa shape index (κ2) is 5.87. The van der Waals surface area contributed by atoms with E-state index in [2.05, 4.69) is 4.99 Å². The molecule has 1 aromatic carbocycles. The predicted octanol–water partition coefficient (Wildman–Crippen LogP) is 2.19. The molecule has 2 heterocycles. The Balaban J connectivity index is 0.00000161. The first-order valence-corrected chi connectivity index (χ1v) is 6.71. The number of hydrogen-bond donors (Lipinski definition) is 1. The van der Waals surface area contributed by atoms with Gasteiger partial charge in [-0.25, -0.2) is 9.38 Å². The highest BCUT2D eigenvalue weighted by atomic mass is 35.5. The van der Waals surface area contributed by atoms with Crippen LogP contribution in [-0.2, 0) is 18.4 Å². The minimum Gasteiger partial charge on any atom is -0.487 e. The van der Waals surface area contributed by atoms with E-state index in [-0.39, 0.29) is 24.8 Å². The van der Waals surface area contributed by atoms with Crippen LogP contribution in [0.1, 0.15) is 4.88 Å². The van der Waals surface area contributed by atoms with E-state index in [0.717, 1.165) is 10.6 Å². The number of halogens is 2. The lowest BCUT2D eigenvalue weighted by Gasteiger charge is -2.18. The number of thiazole rings is 1. The van der Waals surface area contributed by atoms with E-state index < -0.39 is 5.97 Å². The smallest absolute Gasteiger partial charge is 0.325 e. The Morgan fingerprint density at radius 2 is 2.33 bits per heavy atom. The summed E-state index contributed by atoms with van der Waals surface area (Å²) in [7, 11) is 1.79. The van der Waals surface area contributed by atoms with Gasteiger partial charge in [0.1, 0.15) is 24.7 Å². The fourth-order valence-electron chi connectivity index (χ4n) is 2.17. The summed E-state index contributed by atoms with van der Waals surface area (Å²) in [4.78, 5) is 16.1. The van der Waals surface area contributed by atoms with E-state index in [1.165, 1.54) is 23.5 Å². The van der Waals surface area contributed by atoms with Crippen molar-refractivity contribution in [3.8, 4) is 17.0 Å².